The van der Waals surface area contributed by atoms with Crippen molar-refractivity contribution in [2.75, 3.05) is 13.1 Å². The van der Waals surface area contributed by atoms with Crippen LogP contribution in [0.15, 0.2) is 12.1 Å². The lowest BCUT2D eigenvalue weighted by Gasteiger charge is -2.20. The van der Waals surface area contributed by atoms with Gasteiger partial charge in [-0.15, -0.1) is 0 Å². The van der Waals surface area contributed by atoms with Crippen LogP contribution < -0.4 is 0 Å². The first-order valence-electron chi connectivity index (χ1n) is 6.91. The first-order chi connectivity index (χ1) is 9.60. The molecule has 1 aromatic carbocycles. The van der Waals surface area contributed by atoms with Crippen LogP contribution in [-0.4, -0.2) is 33.6 Å². The predicted octanol–water partition coefficient (Wildman–Crippen LogP) is 3.98. The van der Waals surface area contributed by atoms with E-state index in [1.807, 2.05) is 4.57 Å². The molecule has 0 unspecified atom stereocenters. The predicted molar refractivity (Wildman–Crippen MR) is 82.4 cm³/mol. The summed E-state index contributed by atoms with van der Waals surface area (Å²) in [5.41, 5.74) is 1.57. The molecule has 108 valence electrons. The lowest BCUT2D eigenvalue weighted by molar-refractivity contribution is 0.267. The van der Waals surface area contributed by atoms with Crippen molar-refractivity contribution in [1.29, 1.82) is 0 Å². The summed E-state index contributed by atoms with van der Waals surface area (Å²) in [7, 11) is 0. The molecule has 0 radical (unpaired) electrons. The third-order valence-electron chi connectivity index (χ3n) is 3.90. The Bertz CT molecular complexity index is 690. The molecule has 0 spiro atoms. The van der Waals surface area contributed by atoms with Gasteiger partial charge in [-0.1, -0.05) is 18.5 Å². The Labute approximate surface area is 127 Å². The van der Waals surface area contributed by atoms with Gasteiger partial charge in [0, 0.05) is 25.2 Å². The van der Waals surface area contributed by atoms with Crippen LogP contribution in [0, 0.1) is 10.6 Å². The molecular weight excluding hydrogens is 297 g/mol. The zero-order valence-electron chi connectivity index (χ0n) is 11.3. The van der Waals surface area contributed by atoms with Crippen LogP contribution in [0.1, 0.15) is 19.8 Å². The molecule has 1 aliphatic carbocycles. The van der Waals surface area contributed by atoms with E-state index in [0.29, 0.717) is 10.3 Å². The summed E-state index contributed by atoms with van der Waals surface area (Å²) in [5.74, 6) is -0.421. The van der Waals surface area contributed by atoms with Crippen LogP contribution in [-0.2, 0) is 6.54 Å². The van der Waals surface area contributed by atoms with Gasteiger partial charge in [0.15, 0.2) is 4.77 Å². The second kappa shape index (κ2) is 5.47. The monoisotopic (exact) mass is 313 g/mol. The van der Waals surface area contributed by atoms with Crippen LogP contribution in [0.3, 0.4) is 0 Å². The van der Waals surface area contributed by atoms with Gasteiger partial charge in [0.2, 0.25) is 0 Å². The quantitative estimate of drug-likeness (QED) is 0.844. The molecule has 1 aliphatic rings. The number of halogens is 2. The minimum absolute atomic E-state index is 0.134. The molecule has 3 nitrogen and oxygen atoms in total. The molecule has 1 fully saturated rings. The van der Waals surface area contributed by atoms with E-state index in [9.17, 15) is 4.39 Å². The topological polar surface area (TPSA) is 24.0 Å². The number of rotatable bonds is 5. The van der Waals surface area contributed by atoms with Gasteiger partial charge in [0.05, 0.1) is 16.1 Å². The van der Waals surface area contributed by atoms with Crippen molar-refractivity contribution in [1.82, 2.24) is 14.5 Å². The molecular formula is C14H17ClFN3S. The number of H-pyrrole nitrogens is 1. The van der Waals surface area contributed by atoms with Gasteiger partial charge in [0.1, 0.15) is 5.82 Å². The summed E-state index contributed by atoms with van der Waals surface area (Å²) < 4.78 is 16.1. The van der Waals surface area contributed by atoms with E-state index in [4.69, 9.17) is 23.8 Å². The summed E-state index contributed by atoms with van der Waals surface area (Å²) in [5, 5.41) is 0.134. The Morgan fingerprint density at radius 3 is 2.90 bits per heavy atom. The SMILES string of the molecule is CCN(CCn1c(=S)[nH]c2cc(F)c(Cl)cc21)C1CC1. The van der Waals surface area contributed by atoms with Crippen LogP contribution in [0.4, 0.5) is 4.39 Å². The molecule has 20 heavy (non-hydrogen) atoms. The average molecular weight is 314 g/mol. The minimum Gasteiger partial charge on any atom is -0.330 e. The van der Waals surface area contributed by atoms with E-state index in [2.05, 4.69) is 16.8 Å². The van der Waals surface area contributed by atoms with E-state index in [-0.39, 0.29) is 5.02 Å². The number of nitrogens with one attached hydrogen (secondary N) is 1. The number of imidazole rings is 1. The van der Waals surface area contributed by atoms with Crippen molar-refractivity contribution in [3.63, 3.8) is 0 Å². The summed E-state index contributed by atoms with van der Waals surface area (Å²) in [6, 6.07) is 3.79. The molecule has 1 N–H and O–H groups in total. The molecule has 1 saturated carbocycles. The molecule has 0 bridgehead atoms. The summed E-state index contributed by atoms with van der Waals surface area (Å²) in [6.07, 6.45) is 2.59. The largest absolute Gasteiger partial charge is 0.330 e. The van der Waals surface area contributed by atoms with Gasteiger partial charge in [-0.3, -0.25) is 4.90 Å². The van der Waals surface area contributed by atoms with Gasteiger partial charge in [-0.25, -0.2) is 4.39 Å². The molecule has 0 saturated heterocycles. The van der Waals surface area contributed by atoms with Crippen molar-refractivity contribution >= 4 is 34.9 Å². The van der Waals surface area contributed by atoms with Gasteiger partial charge in [-0.05, 0) is 37.7 Å². The van der Waals surface area contributed by atoms with Crippen molar-refractivity contribution in [3.05, 3.63) is 27.7 Å². The van der Waals surface area contributed by atoms with Crippen LogP contribution in [0.2, 0.25) is 5.02 Å². The molecule has 1 aromatic heterocycles. The average Bonchev–Trinajstić information content (AvgIpc) is 3.19. The maximum Gasteiger partial charge on any atom is 0.178 e. The first kappa shape index (κ1) is 14.0. The van der Waals surface area contributed by atoms with Crippen molar-refractivity contribution in [2.45, 2.75) is 32.4 Å². The number of aromatic nitrogens is 2. The molecule has 0 amide bonds. The number of likely N-dealkylation sites (N-methyl/N-ethyl adjacent to an activating group) is 1. The van der Waals surface area contributed by atoms with E-state index < -0.39 is 5.82 Å². The van der Waals surface area contributed by atoms with Gasteiger partial charge in [-0.2, -0.15) is 0 Å². The van der Waals surface area contributed by atoms with Gasteiger partial charge < -0.3 is 9.55 Å². The van der Waals surface area contributed by atoms with E-state index in [1.54, 1.807) is 6.07 Å². The number of hydrogen-bond donors (Lipinski definition) is 1. The lowest BCUT2D eigenvalue weighted by atomic mass is 10.3. The van der Waals surface area contributed by atoms with Crippen molar-refractivity contribution in [2.24, 2.45) is 0 Å². The number of aromatic amines is 1. The Morgan fingerprint density at radius 1 is 1.50 bits per heavy atom. The van der Waals surface area contributed by atoms with Gasteiger partial charge >= 0.3 is 0 Å². The number of fused-ring (bicyclic) bond motifs is 1. The number of hydrogen-bond acceptors (Lipinski definition) is 2. The maximum absolute atomic E-state index is 13.5. The highest BCUT2D eigenvalue weighted by molar-refractivity contribution is 7.71. The van der Waals surface area contributed by atoms with Crippen LogP contribution >= 0.6 is 23.8 Å². The van der Waals surface area contributed by atoms with Crippen LogP contribution in [0.5, 0.6) is 0 Å². The highest BCUT2D eigenvalue weighted by Crippen LogP contribution is 2.27. The first-order valence-corrected chi connectivity index (χ1v) is 7.70. The zero-order chi connectivity index (χ0) is 14.3. The zero-order valence-corrected chi connectivity index (χ0v) is 12.9. The molecule has 1 heterocycles. The Hall–Kier alpha value is -0.910. The third-order valence-corrected chi connectivity index (χ3v) is 4.51. The lowest BCUT2D eigenvalue weighted by Crippen LogP contribution is -2.29. The molecule has 6 heteroatoms. The summed E-state index contributed by atoms with van der Waals surface area (Å²) >= 11 is 11.2. The standard InChI is InChI=1S/C14H17ClFN3S/c1-2-18(9-3-4-9)5-6-19-13-7-10(15)11(16)8-12(13)17-14(19)20/h7-9H,2-6H2,1H3,(H,17,20). The highest BCUT2D eigenvalue weighted by atomic mass is 35.5. The van der Waals surface area contributed by atoms with Crippen LogP contribution in [0.25, 0.3) is 11.0 Å². The molecule has 0 aliphatic heterocycles. The van der Waals surface area contributed by atoms with Crippen molar-refractivity contribution in [3.8, 4) is 0 Å². The summed E-state index contributed by atoms with van der Waals surface area (Å²) in [6.45, 7) is 4.98. The number of benzene rings is 1. The highest BCUT2D eigenvalue weighted by Gasteiger charge is 2.27. The molecule has 3 rings (SSSR count). The fourth-order valence-electron chi connectivity index (χ4n) is 2.64. The Morgan fingerprint density at radius 2 is 2.25 bits per heavy atom. The van der Waals surface area contributed by atoms with E-state index in [0.717, 1.165) is 31.2 Å². The normalized spacial score (nSPS) is 15.4. The Balaban J connectivity index is 1.88. The molecule has 0 atom stereocenters. The second-order valence-corrected chi connectivity index (χ2v) is 6.02. The second-order valence-electron chi connectivity index (χ2n) is 5.23. The fourth-order valence-corrected chi connectivity index (χ4v) is 3.10. The van der Waals surface area contributed by atoms with E-state index in [1.165, 1.54) is 18.9 Å². The maximum atomic E-state index is 13.5. The minimum atomic E-state index is -0.421. The fraction of sp³-hybridized carbons (Fsp3) is 0.500. The van der Waals surface area contributed by atoms with Gasteiger partial charge in [0.25, 0.3) is 0 Å². The number of nitrogens with zero attached hydrogens (tertiary/aromatic N) is 2. The van der Waals surface area contributed by atoms with E-state index >= 15 is 0 Å². The van der Waals surface area contributed by atoms with Crippen molar-refractivity contribution < 1.29 is 4.39 Å². The Kier molecular flexibility index (Phi) is 3.84. The third kappa shape index (κ3) is 2.62. The summed E-state index contributed by atoms with van der Waals surface area (Å²) in [4.78, 5) is 5.51. The molecule has 2 aromatic rings. The smallest absolute Gasteiger partial charge is 0.178 e.